The normalized spacial score (nSPS) is 11.9. The number of carbonyl (C=O) groups is 1. The Kier molecular flexibility index (Phi) is 6.24. The van der Waals surface area contributed by atoms with Crippen LogP contribution in [0.3, 0.4) is 0 Å². The molecule has 1 aromatic rings. The molecule has 0 fully saturated rings. The zero-order valence-corrected chi connectivity index (χ0v) is 12.0. The SMILES string of the molecule is CCCC(CCC)C(=O)Cc1cccc(C(F)(F)F)c1. The highest BCUT2D eigenvalue weighted by Gasteiger charge is 2.30. The largest absolute Gasteiger partial charge is 0.416 e. The monoisotopic (exact) mass is 286 g/mol. The summed E-state index contributed by atoms with van der Waals surface area (Å²) in [5.41, 5.74) is -0.243. The van der Waals surface area contributed by atoms with Crippen LogP contribution in [0.1, 0.15) is 50.7 Å². The molecule has 0 saturated carbocycles. The first-order valence-electron chi connectivity index (χ1n) is 7.07. The van der Waals surface area contributed by atoms with Crippen molar-refractivity contribution in [2.75, 3.05) is 0 Å². The Morgan fingerprint density at radius 2 is 1.75 bits per heavy atom. The lowest BCUT2D eigenvalue weighted by Crippen LogP contribution is -2.17. The summed E-state index contributed by atoms with van der Waals surface area (Å²) in [7, 11) is 0. The fourth-order valence-corrected chi connectivity index (χ4v) is 2.37. The van der Waals surface area contributed by atoms with Crippen LogP contribution >= 0.6 is 0 Å². The second-order valence-electron chi connectivity index (χ2n) is 5.12. The topological polar surface area (TPSA) is 17.1 Å². The number of ketones is 1. The Morgan fingerprint density at radius 3 is 2.25 bits per heavy atom. The summed E-state index contributed by atoms with van der Waals surface area (Å²) in [4.78, 5) is 12.2. The summed E-state index contributed by atoms with van der Waals surface area (Å²) in [5.74, 6) is 0.0209. The van der Waals surface area contributed by atoms with E-state index in [2.05, 4.69) is 0 Å². The maximum atomic E-state index is 12.6. The van der Waals surface area contributed by atoms with Gasteiger partial charge in [0.25, 0.3) is 0 Å². The van der Waals surface area contributed by atoms with Gasteiger partial charge in [-0.2, -0.15) is 13.2 Å². The van der Waals surface area contributed by atoms with E-state index in [1.54, 1.807) is 6.07 Å². The van der Waals surface area contributed by atoms with E-state index in [4.69, 9.17) is 0 Å². The lowest BCUT2D eigenvalue weighted by Gasteiger charge is -2.14. The van der Waals surface area contributed by atoms with Crippen molar-refractivity contribution in [1.82, 2.24) is 0 Å². The number of carbonyl (C=O) groups excluding carboxylic acids is 1. The summed E-state index contributed by atoms with van der Waals surface area (Å²) in [6.45, 7) is 4.03. The third kappa shape index (κ3) is 4.99. The van der Waals surface area contributed by atoms with Crippen LogP contribution in [0.15, 0.2) is 24.3 Å². The fraction of sp³-hybridized carbons (Fsp3) is 0.562. The lowest BCUT2D eigenvalue weighted by molar-refractivity contribution is -0.137. The van der Waals surface area contributed by atoms with Gasteiger partial charge in [0, 0.05) is 12.3 Å². The van der Waals surface area contributed by atoms with Crippen molar-refractivity contribution in [3.05, 3.63) is 35.4 Å². The Hall–Kier alpha value is -1.32. The van der Waals surface area contributed by atoms with Gasteiger partial charge in [-0.25, -0.2) is 0 Å². The van der Waals surface area contributed by atoms with Gasteiger partial charge in [0.15, 0.2) is 0 Å². The number of halogens is 3. The molecule has 4 heteroatoms. The van der Waals surface area contributed by atoms with Gasteiger partial charge in [0.2, 0.25) is 0 Å². The number of hydrogen-bond donors (Lipinski definition) is 0. The molecular weight excluding hydrogens is 265 g/mol. The third-order valence-electron chi connectivity index (χ3n) is 3.36. The van der Waals surface area contributed by atoms with Gasteiger partial charge >= 0.3 is 6.18 Å². The maximum Gasteiger partial charge on any atom is 0.416 e. The quantitative estimate of drug-likeness (QED) is 0.686. The molecule has 20 heavy (non-hydrogen) atoms. The van der Waals surface area contributed by atoms with Crippen LogP contribution in [0.2, 0.25) is 0 Å². The molecule has 1 nitrogen and oxygen atoms in total. The minimum absolute atomic E-state index is 0.0282. The van der Waals surface area contributed by atoms with Crippen molar-refractivity contribution in [3.63, 3.8) is 0 Å². The molecule has 0 unspecified atom stereocenters. The molecule has 0 spiro atoms. The number of alkyl halides is 3. The predicted octanol–water partition coefficient (Wildman–Crippen LogP) is 5.03. The molecule has 0 saturated heterocycles. The summed E-state index contributed by atoms with van der Waals surface area (Å²) in [5, 5.41) is 0. The number of rotatable bonds is 7. The Balaban J connectivity index is 2.79. The smallest absolute Gasteiger partial charge is 0.299 e. The highest BCUT2D eigenvalue weighted by Crippen LogP contribution is 2.30. The van der Waals surface area contributed by atoms with Crippen LogP contribution in [0, 0.1) is 5.92 Å². The minimum Gasteiger partial charge on any atom is -0.299 e. The molecule has 0 N–H and O–H groups in total. The molecular formula is C16H21F3O. The zero-order chi connectivity index (χ0) is 15.2. The Bertz CT molecular complexity index is 432. The van der Waals surface area contributed by atoms with Gasteiger partial charge in [-0.15, -0.1) is 0 Å². The van der Waals surface area contributed by atoms with E-state index in [0.717, 1.165) is 37.8 Å². The highest BCUT2D eigenvalue weighted by molar-refractivity contribution is 5.83. The van der Waals surface area contributed by atoms with Gasteiger partial charge in [-0.1, -0.05) is 44.9 Å². The fourth-order valence-electron chi connectivity index (χ4n) is 2.37. The first-order chi connectivity index (χ1) is 9.38. The van der Waals surface area contributed by atoms with Gasteiger partial charge in [-0.3, -0.25) is 4.79 Å². The molecule has 0 atom stereocenters. The van der Waals surface area contributed by atoms with Gasteiger partial charge in [0.05, 0.1) is 5.56 Å². The van der Waals surface area contributed by atoms with Crippen LogP contribution in [0.25, 0.3) is 0 Å². The molecule has 0 heterocycles. The van der Waals surface area contributed by atoms with E-state index in [-0.39, 0.29) is 18.1 Å². The van der Waals surface area contributed by atoms with E-state index in [1.807, 2.05) is 13.8 Å². The standard InChI is InChI=1S/C16H21F3O/c1-3-6-13(7-4-2)15(20)11-12-8-5-9-14(10-12)16(17,18)19/h5,8-10,13H,3-4,6-7,11H2,1-2H3. The van der Waals surface area contributed by atoms with Crippen LogP contribution in [0.5, 0.6) is 0 Å². The molecule has 0 amide bonds. The molecule has 0 aliphatic heterocycles. The summed E-state index contributed by atoms with van der Waals surface area (Å²) in [6.07, 6.45) is -0.810. The predicted molar refractivity (Wildman–Crippen MR) is 73.5 cm³/mol. The third-order valence-corrected chi connectivity index (χ3v) is 3.36. The van der Waals surface area contributed by atoms with Crippen molar-refractivity contribution in [2.24, 2.45) is 5.92 Å². The second-order valence-corrected chi connectivity index (χ2v) is 5.12. The van der Waals surface area contributed by atoms with Crippen molar-refractivity contribution < 1.29 is 18.0 Å². The van der Waals surface area contributed by atoms with Crippen molar-refractivity contribution in [3.8, 4) is 0 Å². The van der Waals surface area contributed by atoms with Crippen molar-refractivity contribution >= 4 is 5.78 Å². The minimum atomic E-state index is -4.36. The summed E-state index contributed by atoms with van der Waals surface area (Å²) < 4.78 is 37.9. The summed E-state index contributed by atoms with van der Waals surface area (Å²) >= 11 is 0. The van der Waals surface area contributed by atoms with E-state index in [0.29, 0.717) is 5.56 Å². The average molecular weight is 286 g/mol. The van der Waals surface area contributed by atoms with Crippen LogP contribution in [0.4, 0.5) is 13.2 Å². The van der Waals surface area contributed by atoms with E-state index < -0.39 is 11.7 Å². The van der Waals surface area contributed by atoms with Crippen LogP contribution in [-0.2, 0) is 17.4 Å². The molecule has 0 aliphatic rings. The van der Waals surface area contributed by atoms with Gasteiger partial charge < -0.3 is 0 Å². The van der Waals surface area contributed by atoms with Crippen LogP contribution in [-0.4, -0.2) is 5.78 Å². The Morgan fingerprint density at radius 1 is 1.15 bits per heavy atom. The zero-order valence-electron chi connectivity index (χ0n) is 12.0. The summed E-state index contributed by atoms with van der Waals surface area (Å²) in [6, 6.07) is 5.05. The van der Waals surface area contributed by atoms with E-state index in [9.17, 15) is 18.0 Å². The van der Waals surface area contributed by atoms with Crippen molar-refractivity contribution in [2.45, 2.75) is 52.1 Å². The molecule has 1 rings (SSSR count). The average Bonchev–Trinajstić information content (AvgIpc) is 2.38. The molecule has 0 aliphatic carbocycles. The number of Topliss-reactive ketones (excluding diaryl/α,β-unsaturated/α-hetero) is 1. The van der Waals surface area contributed by atoms with Crippen LogP contribution < -0.4 is 0 Å². The number of hydrogen-bond acceptors (Lipinski definition) is 1. The lowest BCUT2D eigenvalue weighted by atomic mass is 9.90. The van der Waals surface area contributed by atoms with Gasteiger partial charge in [0.1, 0.15) is 5.78 Å². The first-order valence-corrected chi connectivity index (χ1v) is 7.07. The molecule has 1 aromatic carbocycles. The molecule has 0 aromatic heterocycles. The van der Waals surface area contributed by atoms with E-state index >= 15 is 0 Å². The number of benzene rings is 1. The van der Waals surface area contributed by atoms with E-state index in [1.165, 1.54) is 6.07 Å². The molecule has 0 radical (unpaired) electrons. The van der Waals surface area contributed by atoms with Gasteiger partial charge in [-0.05, 0) is 24.5 Å². The van der Waals surface area contributed by atoms with Crippen molar-refractivity contribution in [1.29, 1.82) is 0 Å². The Labute approximate surface area is 118 Å². The highest BCUT2D eigenvalue weighted by atomic mass is 19.4. The maximum absolute atomic E-state index is 12.6. The second kappa shape index (κ2) is 7.46. The molecule has 0 bridgehead atoms. The first kappa shape index (κ1) is 16.7. The molecule has 112 valence electrons.